The Morgan fingerprint density at radius 2 is 1.94 bits per heavy atom. The van der Waals surface area contributed by atoms with Crippen LogP contribution in [0.2, 0.25) is 0 Å². The zero-order chi connectivity index (χ0) is 12.5. The van der Waals surface area contributed by atoms with Gasteiger partial charge in [-0.25, -0.2) is 0 Å². The summed E-state index contributed by atoms with van der Waals surface area (Å²) < 4.78 is 5.10. The zero-order valence-electron chi connectivity index (χ0n) is 10.5. The molecule has 2 N–H and O–H groups in total. The number of nitrogens with one attached hydrogen (secondary N) is 2. The van der Waals surface area contributed by atoms with Gasteiger partial charge in [0.05, 0.1) is 7.11 Å². The molecule has 0 unspecified atom stereocenters. The van der Waals surface area contributed by atoms with Crippen LogP contribution in [0.15, 0.2) is 24.3 Å². The lowest BCUT2D eigenvalue weighted by Crippen LogP contribution is -2.35. The Labute approximate surface area is 109 Å². The summed E-state index contributed by atoms with van der Waals surface area (Å²) in [5.41, 5.74) is 1.19. The van der Waals surface area contributed by atoms with Crippen LogP contribution in [0.1, 0.15) is 25.3 Å². The van der Waals surface area contributed by atoms with Gasteiger partial charge in [-0.1, -0.05) is 25.5 Å². The van der Waals surface area contributed by atoms with E-state index in [2.05, 4.69) is 17.6 Å². The Balaban J connectivity index is 2.27. The minimum absolute atomic E-state index is 0.717. The van der Waals surface area contributed by atoms with Crippen LogP contribution in [0.3, 0.4) is 0 Å². The van der Waals surface area contributed by atoms with Gasteiger partial charge < -0.3 is 15.4 Å². The lowest BCUT2D eigenvalue weighted by Gasteiger charge is -2.10. The second-order valence-corrected chi connectivity index (χ2v) is 4.22. The minimum atomic E-state index is 0.717. The lowest BCUT2D eigenvalue weighted by molar-refractivity contribution is 0.414. The summed E-state index contributed by atoms with van der Waals surface area (Å²) in [5.74, 6) is 0.873. The molecule has 17 heavy (non-hydrogen) atoms. The second kappa shape index (κ2) is 7.90. The highest BCUT2D eigenvalue weighted by atomic mass is 32.1. The van der Waals surface area contributed by atoms with Crippen molar-refractivity contribution in [1.82, 2.24) is 10.6 Å². The van der Waals surface area contributed by atoms with E-state index in [9.17, 15) is 0 Å². The molecule has 94 valence electrons. The topological polar surface area (TPSA) is 33.3 Å². The number of thiocarbonyl (C=S) groups is 1. The summed E-state index contributed by atoms with van der Waals surface area (Å²) in [6, 6.07) is 7.95. The van der Waals surface area contributed by atoms with Crippen molar-refractivity contribution >= 4 is 17.3 Å². The fraction of sp³-hybridized carbons (Fsp3) is 0.462. The fourth-order valence-corrected chi connectivity index (χ4v) is 1.54. The van der Waals surface area contributed by atoms with E-state index in [-0.39, 0.29) is 0 Å². The number of ether oxygens (including phenoxy) is 1. The van der Waals surface area contributed by atoms with E-state index in [0.29, 0.717) is 5.11 Å². The molecular formula is C13H20N2OS. The first-order valence-corrected chi connectivity index (χ1v) is 6.31. The number of hydrogen-bond donors (Lipinski definition) is 2. The van der Waals surface area contributed by atoms with E-state index >= 15 is 0 Å². The third-order valence-electron chi connectivity index (χ3n) is 2.43. The normalized spacial score (nSPS) is 9.76. The molecule has 0 spiro atoms. The van der Waals surface area contributed by atoms with Crippen molar-refractivity contribution in [3.63, 3.8) is 0 Å². The molecule has 0 bridgehead atoms. The molecule has 0 aliphatic heterocycles. The SMILES string of the molecule is CCCCNC(=S)NCc1ccc(OC)cc1. The average molecular weight is 252 g/mol. The monoisotopic (exact) mass is 252 g/mol. The van der Waals surface area contributed by atoms with Gasteiger partial charge in [0.2, 0.25) is 0 Å². The minimum Gasteiger partial charge on any atom is -0.497 e. The standard InChI is InChI=1S/C13H20N2OS/c1-3-4-9-14-13(17)15-10-11-5-7-12(16-2)8-6-11/h5-8H,3-4,9-10H2,1-2H3,(H2,14,15,17). The smallest absolute Gasteiger partial charge is 0.166 e. The maximum atomic E-state index is 5.17. The third kappa shape index (κ3) is 5.54. The molecule has 1 aromatic carbocycles. The predicted molar refractivity (Wildman–Crippen MR) is 75.3 cm³/mol. The molecule has 0 radical (unpaired) electrons. The van der Waals surface area contributed by atoms with Gasteiger partial charge in [-0.15, -0.1) is 0 Å². The van der Waals surface area contributed by atoms with Crippen molar-refractivity contribution in [3.05, 3.63) is 29.8 Å². The van der Waals surface area contributed by atoms with Crippen LogP contribution in [0.5, 0.6) is 5.75 Å². The van der Waals surface area contributed by atoms with Gasteiger partial charge in [-0.3, -0.25) is 0 Å². The van der Waals surface area contributed by atoms with Gasteiger partial charge in [0.15, 0.2) is 5.11 Å². The lowest BCUT2D eigenvalue weighted by atomic mass is 10.2. The van der Waals surface area contributed by atoms with Crippen LogP contribution in [-0.2, 0) is 6.54 Å². The molecule has 0 fully saturated rings. The van der Waals surface area contributed by atoms with Crippen molar-refractivity contribution in [2.45, 2.75) is 26.3 Å². The van der Waals surface area contributed by atoms with Crippen LogP contribution < -0.4 is 15.4 Å². The molecule has 3 nitrogen and oxygen atoms in total. The highest BCUT2D eigenvalue weighted by Crippen LogP contribution is 2.10. The van der Waals surface area contributed by atoms with Gasteiger partial charge in [0.1, 0.15) is 5.75 Å². The number of benzene rings is 1. The number of rotatable bonds is 6. The molecule has 0 atom stereocenters. The first-order valence-electron chi connectivity index (χ1n) is 5.91. The number of methoxy groups -OCH3 is 1. The largest absolute Gasteiger partial charge is 0.497 e. The van der Waals surface area contributed by atoms with E-state index in [1.54, 1.807) is 7.11 Å². The Morgan fingerprint density at radius 1 is 1.24 bits per heavy atom. The summed E-state index contributed by atoms with van der Waals surface area (Å²) in [7, 11) is 1.67. The molecule has 0 aromatic heterocycles. The molecule has 1 aromatic rings. The van der Waals surface area contributed by atoms with Gasteiger partial charge in [0.25, 0.3) is 0 Å². The van der Waals surface area contributed by atoms with Crippen LogP contribution in [0.4, 0.5) is 0 Å². The number of unbranched alkanes of at least 4 members (excludes halogenated alkanes) is 1. The Hall–Kier alpha value is -1.29. The van der Waals surface area contributed by atoms with Gasteiger partial charge in [-0.05, 0) is 36.3 Å². The fourth-order valence-electron chi connectivity index (χ4n) is 1.37. The Kier molecular flexibility index (Phi) is 6.40. The summed E-state index contributed by atoms with van der Waals surface area (Å²) in [6.07, 6.45) is 2.32. The van der Waals surface area contributed by atoms with Crippen molar-refractivity contribution < 1.29 is 4.74 Å². The summed E-state index contributed by atoms with van der Waals surface area (Å²) in [5, 5.41) is 7.06. The summed E-state index contributed by atoms with van der Waals surface area (Å²) in [6.45, 7) is 3.84. The van der Waals surface area contributed by atoms with E-state index in [1.807, 2.05) is 24.3 Å². The van der Waals surface area contributed by atoms with Crippen molar-refractivity contribution in [1.29, 1.82) is 0 Å². The Bertz CT molecular complexity index is 338. The van der Waals surface area contributed by atoms with E-state index in [4.69, 9.17) is 17.0 Å². The van der Waals surface area contributed by atoms with E-state index in [1.165, 1.54) is 12.0 Å². The Morgan fingerprint density at radius 3 is 2.53 bits per heavy atom. The molecule has 1 rings (SSSR count). The molecule has 0 aliphatic rings. The maximum absolute atomic E-state index is 5.17. The molecule has 0 saturated heterocycles. The molecule has 0 heterocycles. The van der Waals surface area contributed by atoms with E-state index in [0.717, 1.165) is 25.3 Å². The summed E-state index contributed by atoms with van der Waals surface area (Å²) in [4.78, 5) is 0. The first kappa shape index (κ1) is 13.8. The highest BCUT2D eigenvalue weighted by molar-refractivity contribution is 7.80. The average Bonchev–Trinajstić information content (AvgIpc) is 2.37. The van der Waals surface area contributed by atoms with Gasteiger partial charge in [-0.2, -0.15) is 0 Å². The maximum Gasteiger partial charge on any atom is 0.166 e. The molecule has 0 saturated carbocycles. The van der Waals surface area contributed by atoms with Crippen molar-refractivity contribution in [2.75, 3.05) is 13.7 Å². The van der Waals surface area contributed by atoms with Gasteiger partial charge in [0, 0.05) is 13.1 Å². The second-order valence-electron chi connectivity index (χ2n) is 3.81. The van der Waals surface area contributed by atoms with E-state index < -0.39 is 0 Å². The van der Waals surface area contributed by atoms with Crippen LogP contribution >= 0.6 is 12.2 Å². The quantitative estimate of drug-likeness (QED) is 0.602. The van der Waals surface area contributed by atoms with Gasteiger partial charge >= 0.3 is 0 Å². The number of hydrogen-bond acceptors (Lipinski definition) is 2. The van der Waals surface area contributed by atoms with Crippen LogP contribution in [0, 0.1) is 0 Å². The highest BCUT2D eigenvalue weighted by Gasteiger charge is 1.96. The van der Waals surface area contributed by atoms with Crippen molar-refractivity contribution in [2.24, 2.45) is 0 Å². The van der Waals surface area contributed by atoms with Crippen LogP contribution in [-0.4, -0.2) is 18.8 Å². The molecule has 0 amide bonds. The van der Waals surface area contributed by atoms with Crippen LogP contribution in [0.25, 0.3) is 0 Å². The predicted octanol–water partition coefficient (Wildman–Crippen LogP) is 2.46. The van der Waals surface area contributed by atoms with Crippen molar-refractivity contribution in [3.8, 4) is 5.75 Å². The molecule has 4 heteroatoms. The molecule has 0 aliphatic carbocycles. The first-order chi connectivity index (χ1) is 8.26. The summed E-state index contributed by atoms with van der Waals surface area (Å²) >= 11 is 5.17. The third-order valence-corrected chi connectivity index (χ3v) is 2.72. The zero-order valence-corrected chi connectivity index (χ0v) is 11.3. The molecular weight excluding hydrogens is 232 g/mol.